The number of urea groups is 1. The Labute approximate surface area is 216 Å². The molecule has 37 heavy (non-hydrogen) atoms. The first-order valence-corrected chi connectivity index (χ1v) is 11.7. The molecule has 2 amide bonds. The van der Waals surface area contributed by atoms with E-state index in [1.165, 1.54) is 42.6 Å². The number of pyridine rings is 1. The number of amides is 2. The van der Waals surface area contributed by atoms with E-state index in [0.29, 0.717) is 16.3 Å². The van der Waals surface area contributed by atoms with Crippen LogP contribution in [0.15, 0.2) is 97.2 Å². The van der Waals surface area contributed by atoms with Gasteiger partial charge in [-0.15, -0.1) is 0 Å². The van der Waals surface area contributed by atoms with Crippen LogP contribution in [0.25, 0.3) is 0 Å². The molecule has 0 aliphatic heterocycles. The third-order valence-corrected chi connectivity index (χ3v) is 6.08. The average Bonchev–Trinajstić information content (AvgIpc) is 2.88. The van der Waals surface area contributed by atoms with Gasteiger partial charge in [-0.2, -0.15) is 13.2 Å². The Morgan fingerprint density at radius 3 is 2.19 bits per heavy atom. The van der Waals surface area contributed by atoms with Crippen LogP contribution in [0.1, 0.15) is 27.9 Å². The van der Waals surface area contributed by atoms with Crippen LogP contribution < -0.4 is 10.6 Å². The summed E-state index contributed by atoms with van der Waals surface area (Å²) in [6.07, 6.45) is -3.11. The maximum absolute atomic E-state index is 13.7. The zero-order valence-corrected chi connectivity index (χ0v) is 20.2. The maximum atomic E-state index is 13.7. The van der Waals surface area contributed by atoms with Gasteiger partial charge in [0.05, 0.1) is 16.3 Å². The number of benzene rings is 3. The highest BCUT2D eigenvalue weighted by atomic mass is 35.5. The molecule has 0 aliphatic carbocycles. The quantitative estimate of drug-likeness (QED) is 0.257. The molecule has 0 fully saturated rings. The third-order valence-electron chi connectivity index (χ3n) is 5.85. The fourth-order valence-electron chi connectivity index (χ4n) is 4.03. The number of carbonyl (C=O) groups is 1. The number of nitrogens with one attached hydrogen (secondary N) is 2. The molecular formula is C28H22ClF4N3O. The average molecular weight is 528 g/mol. The van der Waals surface area contributed by atoms with Crippen molar-refractivity contribution >= 4 is 17.6 Å². The second-order valence-corrected chi connectivity index (χ2v) is 8.88. The van der Waals surface area contributed by atoms with Crippen molar-refractivity contribution in [3.63, 3.8) is 0 Å². The van der Waals surface area contributed by atoms with Crippen LogP contribution in [0.5, 0.6) is 0 Å². The molecular weight excluding hydrogens is 506 g/mol. The molecule has 4 aromatic rings. The molecule has 0 spiro atoms. The van der Waals surface area contributed by atoms with Crippen LogP contribution in [0.2, 0.25) is 5.02 Å². The third kappa shape index (κ3) is 6.46. The minimum atomic E-state index is -4.59. The van der Waals surface area contributed by atoms with Gasteiger partial charge < -0.3 is 10.6 Å². The van der Waals surface area contributed by atoms with Crippen LogP contribution in [-0.2, 0) is 24.7 Å². The lowest BCUT2D eigenvalue weighted by molar-refractivity contribution is -0.137. The van der Waals surface area contributed by atoms with E-state index in [2.05, 4.69) is 15.6 Å². The molecule has 190 valence electrons. The van der Waals surface area contributed by atoms with Crippen LogP contribution >= 0.6 is 11.6 Å². The lowest BCUT2D eigenvalue weighted by Crippen LogP contribution is -2.52. The first-order valence-electron chi connectivity index (χ1n) is 11.3. The molecule has 0 aliphatic rings. The summed E-state index contributed by atoms with van der Waals surface area (Å²) >= 11 is 6.05. The summed E-state index contributed by atoms with van der Waals surface area (Å²) in [5.74, 6) is -0.409. The van der Waals surface area contributed by atoms with E-state index in [0.717, 1.165) is 17.7 Å². The van der Waals surface area contributed by atoms with Gasteiger partial charge in [0.2, 0.25) is 0 Å². The van der Waals surface area contributed by atoms with Crippen molar-refractivity contribution in [3.05, 3.63) is 136 Å². The standard InChI is InChI=1S/C28H22ClF4N3O/c29-23-11-14-25(34-18-23)27(16-19-5-2-1-3-6-19,21-7-4-8-22(15-21)28(31,32)33)36-26(37)35-17-20-9-12-24(30)13-10-20/h1-15,18H,16-17H2,(H2,35,36,37). The van der Waals surface area contributed by atoms with E-state index in [1.807, 2.05) is 18.2 Å². The minimum Gasteiger partial charge on any atom is -0.334 e. The molecule has 0 saturated heterocycles. The van der Waals surface area contributed by atoms with Crippen molar-refractivity contribution < 1.29 is 22.4 Å². The van der Waals surface area contributed by atoms with E-state index in [1.54, 1.807) is 24.3 Å². The summed E-state index contributed by atoms with van der Waals surface area (Å²) in [4.78, 5) is 17.6. The zero-order chi connectivity index (χ0) is 26.5. The highest BCUT2D eigenvalue weighted by Crippen LogP contribution is 2.37. The predicted octanol–water partition coefficient (Wildman–Crippen LogP) is 6.88. The summed E-state index contributed by atoms with van der Waals surface area (Å²) in [5.41, 5.74) is -0.440. The SMILES string of the molecule is O=C(NCc1ccc(F)cc1)NC(Cc1ccccc1)(c1cccc(C(F)(F)F)c1)c1ccc(Cl)cn1. The Morgan fingerprint density at radius 1 is 0.838 bits per heavy atom. The number of aromatic nitrogens is 1. The van der Waals surface area contributed by atoms with Crippen molar-refractivity contribution in [1.29, 1.82) is 0 Å². The van der Waals surface area contributed by atoms with Gasteiger partial charge in [0, 0.05) is 19.2 Å². The number of carbonyl (C=O) groups excluding carboxylic acids is 1. The van der Waals surface area contributed by atoms with Gasteiger partial charge in [-0.3, -0.25) is 4.98 Å². The highest BCUT2D eigenvalue weighted by Gasteiger charge is 2.40. The van der Waals surface area contributed by atoms with Gasteiger partial charge >= 0.3 is 12.2 Å². The van der Waals surface area contributed by atoms with Crippen molar-refractivity contribution in [2.24, 2.45) is 0 Å². The van der Waals surface area contributed by atoms with Crippen molar-refractivity contribution in [2.75, 3.05) is 0 Å². The van der Waals surface area contributed by atoms with Gasteiger partial charge in [0.1, 0.15) is 11.4 Å². The number of hydrogen-bond acceptors (Lipinski definition) is 2. The maximum Gasteiger partial charge on any atom is 0.416 e. The number of halogens is 5. The molecule has 0 radical (unpaired) electrons. The molecule has 1 unspecified atom stereocenters. The van der Waals surface area contributed by atoms with E-state index in [-0.39, 0.29) is 18.5 Å². The molecule has 1 heterocycles. The number of hydrogen-bond donors (Lipinski definition) is 2. The fraction of sp³-hybridized carbons (Fsp3) is 0.143. The second-order valence-electron chi connectivity index (χ2n) is 8.44. The number of alkyl halides is 3. The number of rotatable bonds is 7. The minimum absolute atomic E-state index is 0.0736. The smallest absolute Gasteiger partial charge is 0.334 e. The first-order chi connectivity index (χ1) is 17.7. The Bertz CT molecular complexity index is 1350. The van der Waals surface area contributed by atoms with Crippen LogP contribution in [0, 0.1) is 5.82 Å². The summed E-state index contributed by atoms with van der Waals surface area (Å²) in [6, 6.07) is 22.0. The molecule has 2 N–H and O–H groups in total. The molecule has 9 heteroatoms. The topological polar surface area (TPSA) is 54.0 Å². The molecule has 3 aromatic carbocycles. The molecule has 4 rings (SSSR count). The predicted molar refractivity (Wildman–Crippen MR) is 133 cm³/mol. The van der Waals surface area contributed by atoms with Crippen molar-refractivity contribution in [2.45, 2.75) is 24.7 Å². The number of nitrogens with zero attached hydrogens (tertiary/aromatic N) is 1. The summed E-state index contributed by atoms with van der Waals surface area (Å²) in [5, 5.41) is 5.94. The van der Waals surface area contributed by atoms with Crippen LogP contribution in [0.4, 0.5) is 22.4 Å². The van der Waals surface area contributed by atoms with E-state index >= 15 is 0 Å². The Balaban J connectivity index is 1.79. The van der Waals surface area contributed by atoms with E-state index < -0.39 is 29.1 Å². The summed E-state index contributed by atoms with van der Waals surface area (Å²) in [6.45, 7) is 0.0736. The Hall–Kier alpha value is -3.91. The summed E-state index contributed by atoms with van der Waals surface area (Å²) < 4.78 is 54.3. The zero-order valence-electron chi connectivity index (χ0n) is 19.4. The van der Waals surface area contributed by atoms with Crippen molar-refractivity contribution in [3.8, 4) is 0 Å². The van der Waals surface area contributed by atoms with Gasteiger partial charge in [-0.25, -0.2) is 9.18 Å². The van der Waals surface area contributed by atoms with Crippen LogP contribution in [0.3, 0.4) is 0 Å². The largest absolute Gasteiger partial charge is 0.416 e. The molecule has 4 nitrogen and oxygen atoms in total. The Kier molecular flexibility index (Phi) is 7.78. The van der Waals surface area contributed by atoms with E-state index in [9.17, 15) is 22.4 Å². The molecule has 0 bridgehead atoms. The lowest BCUT2D eigenvalue weighted by Gasteiger charge is -2.36. The summed E-state index contributed by atoms with van der Waals surface area (Å²) in [7, 11) is 0. The molecule has 1 atom stereocenters. The van der Waals surface area contributed by atoms with Gasteiger partial charge in [0.15, 0.2) is 0 Å². The molecule has 0 saturated carbocycles. The monoisotopic (exact) mass is 527 g/mol. The highest BCUT2D eigenvalue weighted by molar-refractivity contribution is 6.30. The fourth-order valence-corrected chi connectivity index (χ4v) is 4.15. The van der Waals surface area contributed by atoms with Gasteiger partial charge in [-0.1, -0.05) is 66.2 Å². The normalized spacial score (nSPS) is 13.0. The first kappa shape index (κ1) is 26.2. The van der Waals surface area contributed by atoms with E-state index in [4.69, 9.17) is 11.6 Å². The lowest BCUT2D eigenvalue weighted by atomic mass is 9.80. The second kappa shape index (κ2) is 11.0. The van der Waals surface area contributed by atoms with Gasteiger partial charge in [-0.05, 0) is 53.1 Å². The van der Waals surface area contributed by atoms with Crippen LogP contribution in [-0.4, -0.2) is 11.0 Å². The molecule has 1 aromatic heterocycles. The van der Waals surface area contributed by atoms with Gasteiger partial charge in [0.25, 0.3) is 0 Å². The Morgan fingerprint density at radius 2 is 1.54 bits per heavy atom. The van der Waals surface area contributed by atoms with Crippen molar-refractivity contribution in [1.82, 2.24) is 15.6 Å².